The second kappa shape index (κ2) is 7.48. The number of rotatable bonds is 4. The van der Waals surface area contributed by atoms with Crippen molar-refractivity contribution < 1.29 is 18.7 Å². The Labute approximate surface area is 145 Å². The van der Waals surface area contributed by atoms with Crippen LogP contribution in [0.5, 0.6) is 0 Å². The summed E-state index contributed by atoms with van der Waals surface area (Å²) in [6, 6.07) is 7.16. The van der Waals surface area contributed by atoms with E-state index in [4.69, 9.17) is 4.74 Å². The molecule has 2 aromatic rings. The van der Waals surface area contributed by atoms with Crippen molar-refractivity contribution in [3.63, 3.8) is 0 Å². The van der Waals surface area contributed by atoms with Crippen molar-refractivity contribution in [2.75, 3.05) is 26.3 Å². The summed E-state index contributed by atoms with van der Waals surface area (Å²) in [6.07, 6.45) is 3.45. The summed E-state index contributed by atoms with van der Waals surface area (Å²) >= 11 is 0. The van der Waals surface area contributed by atoms with E-state index >= 15 is 0 Å². The molecule has 2 heterocycles. The standard InChI is InChI=1S/C18H20FN3O3/c1-13(18(24)22-8-10-25-11-9-22)20-17(23)14-4-5-16(15(19)12-14)21-6-2-3-7-21/h2-7,12-13H,8-11H2,1H3,(H,20,23)/t13-/m0/s1. The third-order valence-electron chi connectivity index (χ3n) is 4.13. The Hall–Kier alpha value is -2.67. The van der Waals surface area contributed by atoms with Crippen molar-refractivity contribution in [1.82, 2.24) is 14.8 Å². The van der Waals surface area contributed by atoms with Gasteiger partial charge in [0.15, 0.2) is 0 Å². The fourth-order valence-electron chi connectivity index (χ4n) is 2.75. The number of halogens is 1. The van der Waals surface area contributed by atoms with Gasteiger partial charge in [-0.25, -0.2) is 4.39 Å². The van der Waals surface area contributed by atoms with E-state index < -0.39 is 17.8 Å². The monoisotopic (exact) mass is 345 g/mol. The van der Waals surface area contributed by atoms with Gasteiger partial charge in [-0.05, 0) is 37.3 Å². The van der Waals surface area contributed by atoms with E-state index in [0.29, 0.717) is 32.0 Å². The van der Waals surface area contributed by atoms with E-state index in [2.05, 4.69) is 5.32 Å². The van der Waals surface area contributed by atoms with Gasteiger partial charge in [-0.3, -0.25) is 9.59 Å². The van der Waals surface area contributed by atoms with Gasteiger partial charge >= 0.3 is 0 Å². The number of hydrogen-bond donors (Lipinski definition) is 1. The number of aromatic nitrogens is 1. The Balaban J connectivity index is 1.66. The molecule has 1 N–H and O–H groups in total. The number of morpholine rings is 1. The van der Waals surface area contributed by atoms with Crippen molar-refractivity contribution >= 4 is 11.8 Å². The number of carbonyl (C=O) groups is 2. The van der Waals surface area contributed by atoms with Crippen LogP contribution >= 0.6 is 0 Å². The molecular formula is C18H20FN3O3. The van der Waals surface area contributed by atoms with E-state index in [1.807, 2.05) is 0 Å². The van der Waals surface area contributed by atoms with Crippen LogP contribution in [-0.4, -0.2) is 53.6 Å². The Bertz CT molecular complexity index is 755. The van der Waals surface area contributed by atoms with Crippen LogP contribution in [-0.2, 0) is 9.53 Å². The number of nitrogens with zero attached hydrogens (tertiary/aromatic N) is 2. The van der Waals surface area contributed by atoms with Crippen LogP contribution < -0.4 is 5.32 Å². The van der Waals surface area contributed by atoms with Gasteiger partial charge in [-0.1, -0.05) is 0 Å². The average Bonchev–Trinajstić information content (AvgIpc) is 3.16. The first-order valence-corrected chi connectivity index (χ1v) is 8.16. The second-order valence-electron chi connectivity index (χ2n) is 5.89. The summed E-state index contributed by atoms with van der Waals surface area (Å²) in [7, 11) is 0. The lowest BCUT2D eigenvalue weighted by atomic mass is 10.1. The van der Waals surface area contributed by atoms with Crippen LogP contribution in [0, 0.1) is 5.82 Å². The fraction of sp³-hybridized carbons (Fsp3) is 0.333. The normalized spacial score (nSPS) is 15.7. The smallest absolute Gasteiger partial charge is 0.252 e. The maximum absolute atomic E-state index is 14.3. The molecule has 1 aromatic carbocycles. The maximum Gasteiger partial charge on any atom is 0.252 e. The quantitative estimate of drug-likeness (QED) is 0.915. The number of ether oxygens (including phenoxy) is 1. The van der Waals surface area contributed by atoms with E-state index in [-0.39, 0.29) is 11.5 Å². The van der Waals surface area contributed by atoms with Crippen molar-refractivity contribution in [3.05, 3.63) is 54.1 Å². The average molecular weight is 345 g/mol. The summed E-state index contributed by atoms with van der Waals surface area (Å²) in [4.78, 5) is 26.3. The SMILES string of the molecule is C[C@H](NC(=O)c1ccc(-n2cccc2)c(F)c1)C(=O)N1CCOCC1. The highest BCUT2D eigenvalue weighted by atomic mass is 19.1. The zero-order valence-electron chi connectivity index (χ0n) is 13.9. The zero-order valence-corrected chi connectivity index (χ0v) is 13.9. The Morgan fingerprint density at radius 3 is 2.52 bits per heavy atom. The van der Waals surface area contributed by atoms with Gasteiger partial charge in [-0.15, -0.1) is 0 Å². The van der Waals surface area contributed by atoms with Crippen molar-refractivity contribution in [1.29, 1.82) is 0 Å². The molecule has 2 amide bonds. The molecule has 3 rings (SSSR count). The minimum absolute atomic E-state index is 0.166. The summed E-state index contributed by atoms with van der Waals surface area (Å²) in [5.74, 6) is -1.15. The Morgan fingerprint density at radius 1 is 1.20 bits per heavy atom. The molecule has 0 unspecified atom stereocenters. The van der Waals surface area contributed by atoms with Gasteiger partial charge in [0.1, 0.15) is 11.9 Å². The highest BCUT2D eigenvalue weighted by Gasteiger charge is 2.24. The molecule has 0 aliphatic carbocycles. The number of nitrogens with one attached hydrogen (secondary N) is 1. The molecule has 0 bridgehead atoms. The molecule has 1 atom stereocenters. The lowest BCUT2D eigenvalue weighted by Crippen LogP contribution is -2.50. The third-order valence-corrected chi connectivity index (χ3v) is 4.13. The number of carbonyl (C=O) groups excluding carboxylic acids is 2. The van der Waals surface area contributed by atoms with E-state index in [0.717, 1.165) is 0 Å². The molecule has 6 nitrogen and oxygen atoms in total. The van der Waals surface area contributed by atoms with Crippen LogP contribution in [0.15, 0.2) is 42.7 Å². The number of benzene rings is 1. The maximum atomic E-state index is 14.3. The minimum atomic E-state index is -0.683. The van der Waals surface area contributed by atoms with Gasteiger partial charge in [0, 0.05) is 31.0 Å². The Morgan fingerprint density at radius 2 is 1.88 bits per heavy atom. The van der Waals surface area contributed by atoms with Gasteiger partial charge < -0.3 is 19.5 Å². The third kappa shape index (κ3) is 3.88. The van der Waals surface area contributed by atoms with Crippen LogP contribution in [0.3, 0.4) is 0 Å². The van der Waals surface area contributed by atoms with Crippen LogP contribution in [0.25, 0.3) is 5.69 Å². The molecule has 0 saturated carbocycles. The Kier molecular flexibility index (Phi) is 5.14. The largest absolute Gasteiger partial charge is 0.378 e. The summed E-state index contributed by atoms with van der Waals surface area (Å²) in [5, 5.41) is 2.63. The molecule has 25 heavy (non-hydrogen) atoms. The summed E-state index contributed by atoms with van der Waals surface area (Å²) in [6.45, 7) is 3.65. The molecule has 0 spiro atoms. The van der Waals surface area contributed by atoms with Crippen molar-refractivity contribution in [2.24, 2.45) is 0 Å². The molecule has 1 fully saturated rings. The zero-order chi connectivity index (χ0) is 17.8. The minimum Gasteiger partial charge on any atom is -0.378 e. The molecule has 1 aromatic heterocycles. The van der Waals surface area contributed by atoms with Gasteiger partial charge in [0.25, 0.3) is 5.91 Å². The predicted octanol–water partition coefficient (Wildman–Crippen LogP) is 1.59. The number of hydrogen-bond acceptors (Lipinski definition) is 3. The fourth-order valence-corrected chi connectivity index (χ4v) is 2.75. The molecule has 1 saturated heterocycles. The van der Waals surface area contributed by atoms with Crippen molar-refractivity contribution in [2.45, 2.75) is 13.0 Å². The van der Waals surface area contributed by atoms with E-state index in [1.54, 1.807) is 53.0 Å². The molecular weight excluding hydrogens is 325 g/mol. The first-order chi connectivity index (χ1) is 12.1. The molecule has 1 aliphatic rings. The number of amides is 2. The highest BCUT2D eigenvalue weighted by Crippen LogP contribution is 2.15. The summed E-state index contributed by atoms with van der Waals surface area (Å²) < 4.78 is 21.1. The lowest BCUT2D eigenvalue weighted by molar-refractivity contribution is -0.136. The predicted molar refractivity (Wildman–Crippen MR) is 90.1 cm³/mol. The molecule has 132 valence electrons. The molecule has 0 radical (unpaired) electrons. The summed E-state index contributed by atoms with van der Waals surface area (Å²) in [5.41, 5.74) is 0.536. The van der Waals surface area contributed by atoms with Gasteiger partial charge in [0.2, 0.25) is 5.91 Å². The van der Waals surface area contributed by atoms with Crippen LogP contribution in [0.2, 0.25) is 0 Å². The second-order valence-corrected chi connectivity index (χ2v) is 5.89. The van der Waals surface area contributed by atoms with E-state index in [9.17, 15) is 14.0 Å². The van der Waals surface area contributed by atoms with Crippen LogP contribution in [0.4, 0.5) is 4.39 Å². The van der Waals surface area contributed by atoms with E-state index in [1.165, 1.54) is 6.07 Å². The van der Waals surface area contributed by atoms with Crippen LogP contribution in [0.1, 0.15) is 17.3 Å². The molecule has 7 heteroatoms. The van der Waals surface area contributed by atoms with Gasteiger partial charge in [0.05, 0.1) is 18.9 Å². The lowest BCUT2D eigenvalue weighted by Gasteiger charge is -2.29. The molecule has 1 aliphatic heterocycles. The first-order valence-electron chi connectivity index (χ1n) is 8.16. The van der Waals surface area contributed by atoms with Crippen molar-refractivity contribution in [3.8, 4) is 5.69 Å². The highest BCUT2D eigenvalue weighted by molar-refractivity contribution is 5.97. The first kappa shape index (κ1) is 17.2. The topological polar surface area (TPSA) is 63.6 Å². The van der Waals surface area contributed by atoms with Gasteiger partial charge in [-0.2, -0.15) is 0 Å².